The molecule has 0 amide bonds. The number of nitrogens with one attached hydrogen (secondary N) is 2. The molecule has 6 heteroatoms. The molecule has 2 aromatic carbocycles. The minimum atomic E-state index is 0.673. The maximum absolute atomic E-state index is 5.69. The highest BCUT2D eigenvalue weighted by atomic mass is 16.5. The van der Waals surface area contributed by atoms with E-state index in [4.69, 9.17) is 4.74 Å². The van der Waals surface area contributed by atoms with E-state index in [1.165, 1.54) is 11.1 Å². The first-order valence-electron chi connectivity index (χ1n) is 9.49. The summed E-state index contributed by atoms with van der Waals surface area (Å²) in [5.41, 5.74) is 2.47. The molecule has 0 bridgehead atoms. The van der Waals surface area contributed by atoms with Gasteiger partial charge in [-0.2, -0.15) is 0 Å². The van der Waals surface area contributed by atoms with Gasteiger partial charge in [-0.15, -0.1) is 0 Å². The molecule has 1 aromatic heterocycles. The standard InChI is InChI=1S/C22H27N5O/c1-23-22(25-12-5-15-28-21-6-3-2-4-7-21)26-16-19-8-10-20(11-9-19)17-27-14-13-24-18-27/h2-4,6-11,13-14,18H,5,12,15-17H2,1H3,(H2,23,25,26). The van der Waals surface area contributed by atoms with E-state index >= 15 is 0 Å². The molecule has 3 rings (SSSR count). The van der Waals surface area contributed by atoms with Crippen molar-refractivity contribution in [2.24, 2.45) is 4.99 Å². The quantitative estimate of drug-likeness (QED) is 0.342. The molecule has 146 valence electrons. The second-order valence-corrected chi connectivity index (χ2v) is 6.42. The molecule has 3 aromatic rings. The number of rotatable bonds is 9. The van der Waals surface area contributed by atoms with E-state index in [1.807, 2.05) is 42.9 Å². The summed E-state index contributed by atoms with van der Waals surface area (Å²) in [5.74, 6) is 1.70. The Morgan fingerprint density at radius 3 is 2.54 bits per heavy atom. The van der Waals surface area contributed by atoms with Crippen LogP contribution in [0.5, 0.6) is 5.75 Å². The smallest absolute Gasteiger partial charge is 0.191 e. The Hall–Kier alpha value is -3.28. The lowest BCUT2D eigenvalue weighted by atomic mass is 10.1. The van der Waals surface area contributed by atoms with E-state index in [9.17, 15) is 0 Å². The fourth-order valence-electron chi connectivity index (χ4n) is 2.75. The number of para-hydroxylation sites is 1. The van der Waals surface area contributed by atoms with Crippen molar-refractivity contribution in [3.05, 3.63) is 84.4 Å². The zero-order chi connectivity index (χ0) is 19.4. The zero-order valence-electron chi connectivity index (χ0n) is 16.2. The molecule has 0 unspecified atom stereocenters. The van der Waals surface area contributed by atoms with Crippen LogP contribution in [-0.2, 0) is 13.1 Å². The second kappa shape index (κ2) is 10.8. The molecule has 28 heavy (non-hydrogen) atoms. The van der Waals surface area contributed by atoms with E-state index in [-0.39, 0.29) is 0 Å². The van der Waals surface area contributed by atoms with Gasteiger partial charge in [0.25, 0.3) is 0 Å². The van der Waals surface area contributed by atoms with Crippen LogP contribution in [-0.4, -0.2) is 35.7 Å². The number of hydrogen-bond donors (Lipinski definition) is 2. The van der Waals surface area contributed by atoms with Crippen LogP contribution in [0, 0.1) is 0 Å². The molecule has 0 spiro atoms. The monoisotopic (exact) mass is 377 g/mol. The molecule has 0 fully saturated rings. The molecule has 1 heterocycles. The first kappa shape index (κ1) is 19.5. The topological polar surface area (TPSA) is 63.5 Å². The van der Waals surface area contributed by atoms with Crippen molar-refractivity contribution in [2.75, 3.05) is 20.2 Å². The normalized spacial score (nSPS) is 11.2. The number of imidazole rings is 1. The highest BCUT2D eigenvalue weighted by Gasteiger charge is 2.00. The Balaban J connectivity index is 1.34. The van der Waals surface area contributed by atoms with Gasteiger partial charge in [0.05, 0.1) is 12.9 Å². The third-order valence-electron chi connectivity index (χ3n) is 4.26. The minimum Gasteiger partial charge on any atom is -0.494 e. The fraction of sp³-hybridized carbons (Fsp3) is 0.273. The van der Waals surface area contributed by atoms with Gasteiger partial charge in [-0.05, 0) is 29.7 Å². The Labute approximate surface area is 166 Å². The SMILES string of the molecule is CN=C(NCCCOc1ccccc1)NCc1ccc(Cn2ccnc2)cc1. The lowest BCUT2D eigenvalue weighted by Gasteiger charge is -2.12. The van der Waals surface area contributed by atoms with E-state index in [0.29, 0.717) is 6.61 Å². The summed E-state index contributed by atoms with van der Waals surface area (Å²) in [4.78, 5) is 8.34. The van der Waals surface area contributed by atoms with Crippen molar-refractivity contribution in [2.45, 2.75) is 19.5 Å². The Bertz CT molecular complexity index is 829. The van der Waals surface area contributed by atoms with Crippen LogP contribution in [0.15, 0.2) is 78.3 Å². The number of ether oxygens (including phenoxy) is 1. The molecule has 0 aliphatic heterocycles. The molecule has 0 aliphatic carbocycles. The average molecular weight is 377 g/mol. The summed E-state index contributed by atoms with van der Waals surface area (Å²) in [5, 5.41) is 6.66. The number of guanidine groups is 1. The Morgan fingerprint density at radius 2 is 1.82 bits per heavy atom. The highest BCUT2D eigenvalue weighted by Crippen LogP contribution is 2.08. The van der Waals surface area contributed by atoms with Crippen LogP contribution in [0.1, 0.15) is 17.5 Å². The van der Waals surface area contributed by atoms with Crippen molar-refractivity contribution < 1.29 is 4.74 Å². The van der Waals surface area contributed by atoms with Crippen molar-refractivity contribution in [1.82, 2.24) is 20.2 Å². The summed E-state index contributed by atoms with van der Waals surface area (Å²) in [6, 6.07) is 18.4. The summed E-state index contributed by atoms with van der Waals surface area (Å²) in [7, 11) is 1.78. The molecule has 0 saturated carbocycles. The van der Waals surface area contributed by atoms with Gasteiger partial charge < -0.3 is 19.9 Å². The lowest BCUT2D eigenvalue weighted by molar-refractivity contribution is 0.311. The van der Waals surface area contributed by atoms with Crippen LogP contribution < -0.4 is 15.4 Å². The third kappa shape index (κ3) is 6.46. The van der Waals surface area contributed by atoms with Gasteiger partial charge in [-0.1, -0.05) is 42.5 Å². The summed E-state index contributed by atoms with van der Waals surface area (Å²) >= 11 is 0. The maximum Gasteiger partial charge on any atom is 0.191 e. The van der Waals surface area contributed by atoms with Gasteiger partial charge in [-0.25, -0.2) is 4.98 Å². The third-order valence-corrected chi connectivity index (χ3v) is 4.26. The summed E-state index contributed by atoms with van der Waals surface area (Å²) in [6.07, 6.45) is 6.50. The van der Waals surface area contributed by atoms with Gasteiger partial charge in [0.15, 0.2) is 5.96 Å². The van der Waals surface area contributed by atoms with Crippen molar-refractivity contribution >= 4 is 5.96 Å². The maximum atomic E-state index is 5.69. The second-order valence-electron chi connectivity index (χ2n) is 6.42. The number of benzene rings is 2. The van der Waals surface area contributed by atoms with Gasteiger partial charge in [-0.3, -0.25) is 4.99 Å². The molecular formula is C22H27N5O. The van der Waals surface area contributed by atoms with Gasteiger partial charge in [0.2, 0.25) is 0 Å². The average Bonchev–Trinajstić information content (AvgIpc) is 3.25. The molecule has 0 radical (unpaired) electrons. The molecule has 0 atom stereocenters. The first-order valence-corrected chi connectivity index (χ1v) is 9.49. The van der Waals surface area contributed by atoms with Crippen LogP contribution in [0.25, 0.3) is 0 Å². The molecule has 6 nitrogen and oxygen atoms in total. The summed E-state index contributed by atoms with van der Waals surface area (Å²) < 4.78 is 7.75. The molecule has 2 N–H and O–H groups in total. The van der Waals surface area contributed by atoms with Gasteiger partial charge >= 0.3 is 0 Å². The number of aliphatic imine (C=N–C) groups is 1. The summed E-state index contributed by atoms with van der Waals surface area (Å²) in [6.45, 7) is 3.04. The predicted molar refractivity (Wildman–Crippen MR) is 113 cm³/mol. The zero-order valence-corrected chi connectivity index (χ0v) is 16.2. The van der Waals surface area contributed by atoms with Crippen molar-refractivity contribution in [3.8, 4) is 5.75 Å². The van der Waals surface area contributed by atoms with Crippen LogP contribution in [0.2, 0.25) is 0 Å². The molecule has 0 saturated heterocycles. The van der Waals surface area contributed by atoms with Crippen molar-refractivity contribution in [1.29, 1.82) is 0 Å². The van der Waals surface area contributed by atoms with Crippen LogP contribution in [0.4, 0.5) is 0 Å². The van der Waals surface area contributed by atoms with Crippen LogP contribution >= 0.6 is 0 Å². The molecular weight excluding hydrogens is 350 g/mol. The fourth-order valence-corrected chi connectivity index (χ4v) is 2.75. The van der Waals surface area contributed by atoms with E-state index < -0.39 is 0 Å². The predicted octanol–water partition coefficient (Wildman–Crippen LogP) is 3.07. The largest absolute Gasteiger partial charge is 0.494 e. The van der Waals surface area contributed by atoms with Gasteiger partial charge in [0, 0.05) is 39.1 Å². The van der Waals surface area contributed by atoms with E-state index in [2.05, 4.69) is 49.4 Å². The number of aromatic nitrogens is 2. The Morgan fingerprint density at radius 1 is 1.04 bits per heavy atom. The van der Waals surface area contributed by atoms with E-state index in [1.54, 1.807) is 13.2 Å². The van der Waals surface area contributed by atoms with E-state index in [0.717, 1.165) is 37.8 Å². The highest BCUT2D eigenvalue weighted by molar-refractivity contribution is 5.79. The minimum absolute atomic E-state index is 0.673. The number of nitrogens with zero attached hydrogens (tertiary/aromatic N) is 3. The number of hydrogen-bond acceptors (Lipinski definition) is 3. The van der Waals surface area contributed by atoms with Crippen LogP contribution in [0.3, 0.4) is 0 Å². The van der Waals surface area contributed by atoms with Crippen molar-refractivity contribution in [3.63, 3.8) is 0 Å². The first-order chi connectivity index (χ1) is 13.8. The Kier molecular flexibility index (Phi) is 7.49. The van der Waals surface area contributed by atoms with Gasteiger partial charge in [0.1, 0.15) is 5.75 Å². The lowest BCUT2D eigenvalue weighted by Crippen LogP contribution is -2.37. The molecule has 0 aliphatic rings.